The molecule has 42 heavy (non-hydrogen) atoms. The highest BCUT2D eigenvalue weighted by atomic mass is 19.1. The molecule has 3 aromatic carbocycles. The van der Waals surface area contributed by atoms with Gasteiger partial charge in [-0.2, -0.15) is 4.39 Å². The normalized spacial score (nSPS) is 14.0. The number of rotatable bonds is 10. The average Bonchev–Trinajstić information content (AvgIpc) is 3.00. The minimum absolute atomic E-state index is 0.0486. The van der Waals surface area contributed by atoms with Crippen LogP contribution in [-0.4, -0.2) is 45.7 Å². The van der Waals surface area contributed by atoms with Crippen molar-refractivity contribution >= 4 is 35.0 Å². The molecule has 4 N–H and O–H groups in total. The number of amides is 3. The van der Waals surface area contributed by atoms with Gasteiger partial charge in [0.25, 0.3) is 5.91 Å². The molecule has 220 valence electrons. The summed E-state index contributed by atoms with van der Waals surface area (Å²) < 4.78 is 13.8. The summed E-state index contributed by atoms with van der Waals surface area (Å²) >= 11 is 0. The molecular weight excluding hydrogens is 547 g/mol. The maximum Gasteiger partial charge on any atom is 0.334 e. The Morgan fingerprint density at radius 2 is 1.67 bits per heavy atom. The Balaban J connectivity index is 1.54. The van der Waals surface area contributed by atoms with E-state index in [2.05, 4.69) is 10.6 Å². The Hall–Kier alpha value is -4.84. The molecule has 12 heteroatoms. The van der Waals surface area contributed by atoms with E-state index < -0.39 is 47.0 Å². The fraction of sp³-hybridized carbons (Fsp3) is 0.300. The van der Waals surface area contributed by atoms with Gasteiger partial charge in [0.05, 0.1) is 18.0 Å². The van der Waals surface area contributed by atoms with E-state index in [-0.39, 0.29) is 17.8 Å². The summed E-state index contributed by atoms with van der Waals surface area (Å²) in [6, 6.07) is 16.4. The number of aliphatic hydroxyl groups excluding tert-OH is 1. The molecular formula is C30H31FN4O7. The molecule has 1 aliphatic carbocycles. The zero-order valence-electron chi connectivity index (χ0n) is 22.7. The van der Waals surface area contributed by atoms with Crippen molar-refractivity contribution in [2.75, 3.05) is 16.8 Å². The number of hydrogen-bond donors (Lipinski definition) is 4. The summed E-state index contributed by atoms with van der Waals surface area (Å²) in [5.41, 5.74) is 1.91. The number of carboxylic acid groups (broad SMARTS) is 1. The molecule has 1 aliphatic rings. The number of carboxylic acids is 1. The lowest BCUT2D eigenvalue weighted by molar-refractivity contribution is -0.387. The van der Waals surface area contributed by atoms with Gasteiger partial charge in [-0.25, -0.2) is 9.59 Å². The first-order chi connectivity index (χ1) is 20.1. The van der Waals surface area contributed by atoms with E-state index in [4.69, 9.17) is 5.11 Å². The van der Waals surface area contributed by atoms with Crippen molar-refractivity contribution in [2.24, 2.45) is 0 Å². The lowest BCUT2D eigenvalue weighted by Gasteiger charge is -2.25. The summed E-state index contributed by atoms with van der Waals surface area (Å²) in [4.78, 5) is 48.3. The van der Waals surface area contributed by atoms with Crippen LogP contribution in [0, 0.1) is 15.9 Å². The Morgan fingerprint density at radius 3 is 2.29 bits per heavy atom. The fourth-order valence-electron chi connectivity index (χ4n) is 4.89. The van der Waals surface area contributed by atoms with E-state index in [1.165, 1.54) is 47.9 Å². The van der Waals surface area contributed by atoms with E-state index in [0.29, 0.717) is 17.2 Å². The zero-order chi connectivity index (χ0) is 30.2. The number of aliphatic carboxylic acids is 1. The quantitative estimate of drug-likeness (QED) is 0.190. The standard InChI is InChI=1S/C30H31FN4O7/c31-25-15-12-23(16-26(25)35(41)42)33-30(40)34(24-13-10-21(11-14-24)20-4-2-1-3-5-20)18-19-6-8-22(9-7-19)28(37)32-17-27(36)29(38)39/h6-16,20,27,36H,1-5,17-18H2,(H,32,37)(H,33,40)(H,38,39). The summed E-state index contributed by atoms with van der Waals surface area (Å²) in [6.07, 6.45) is 4.09. The number of nitro benzene ring substituents is 1. The second-order valence-corrected chi connectivity index (χ2v) is 10.1. The third-order valence-corrected chi connectivity index (χ3v) is 7.22. The number of anilines is 2. The van der Waals surface area contributed by atoms with E-state index in [9.17, 15) is 34.0 Å². The first-order valence-corrected chi connectivity index (χ1v) is 13.5. The molecule has 4 rings (SSSR count). The summed E-state index contributed by atoms with van der Waals surface area (Å²) in [7, 11) is 0. The van der Waals surface area contributed by atoms with Crippen LogP contribution in [0.4, 0.5) is 26.2 Å². The Morgan fingerprint density at radius 1 is 1.00 bits per heavy atom. The number of aliphatic hydroxyl groups is 1. The maximum atomic E-state index is 13.8. The molecule has 1 fully saturated rings. The van der Waals surface area contributed by atoms with Crippen LogP contribution in [0.1, 0.15) is 59.5 Å². The number of halogens is 1. The maximum absolute atomic E-state index is 13.8. The van der Waals surface area contributed by atoms with E-state index in [0.717, 1.165) is 25.0 Å². The number of benzene rings is 3. The Kier molecular flexibility index (Phi) is 9.81. The Labute approximate surface area is 241 Å². The van der Waals surface area contributed by atoms with E-state index >= 15 is 0 Å². The van der Waals surface area contributed by atoms with Crippen molar-refractivity contribution in [2.45, 2.75) is 50.7 Å². The van der Waals surface area contributed by atoms with Crippen LogP contribution in [0.25, 0.3) is 0 Å². The molecule has 0 radical (unpaired) electrons. The molecule has 1 unspecified atom stereocenters. The number of nitrogens with one attached hydrogen (secondary N) is 2. The van der Waals surface area contributed by atoms with Crippen LogP contribution in [0.5, 0.6) is 0 Å². The van der Waals surface area contributed by atoms with Gasteiger partial charge >= 0.3 is 17.7 Å². The fourth-order valence-corrected chi connectivity index (χ4v) is 4.89. The average molecular weight is 579 g/mol. The van der Waals surface area contributed by atoms with Crippen molar-refractivity contribution in [3.63, 3.8) is 0 Å². The minimum Gasteiger partial charge on any atom is -0.479 e. The van der Waals surface area contributed by atoms with Gasteiger partial charge in [-0.05, 0) is 66.3 Å². The summed E-state index contributed by atoms with van der Waals surface area (Å²) in [6.45, 7) is -0.389. The molecule has 3 amide bonds. The number of nitro groups is 1. The lowest BCUT2D eigenvalue weighted by atomic mass is 9.84. The number of nitrogens with zero attached hydrogens (tertiary/aromatic N) is 2. The van der Waals surface area contributed by atoms with E-state index in [1.54, 1.807) is 12.1 Å². The third-order valence-electron chi connectivity index (χ3n) is 7.22. The number of urea groups is 1. The third kappa shape index (κ3) is 7.67. The highest BCUT2D eigenvalue weighted by Crippen LogP contribution is 2.34. The summed E-state index contributed by atoms with van der Waals surface area (Å²) in [5, 5.41) is 34.3. The number of hydrogen-bond acceptors (Lipinski definition) is 6. The number of carbonyl (C=O) groups is 3. The minimum atomic E-state index is -1.73. The van der Waals surface area contributed by atoms with Gasteiger partial charge in [-0.3, -0.25) is 19.8 Å². The van der Waals surface area contributed by atoms with Gasteiger partial charge in [0, 0.05) is 23.0 Å². The van der Waals surface area contributed by atoms with Gasteiger partial charge in [0.1, 0.15) is 0 Å². The molecule has 1 saturated carbocycles. The molecule has 11 nitrogen and oxygen atoms in total. The van der Waals surface area contributed by atoms with Gasteiger partial charge < -0.3 is 20.8 Å². The van der Waals surface area contributed by atoms with Gasteiger partial charge in [-0.15, -0.1) is 0 Å². The van der Waals surface area contributed by atoms with Crippen LogP contribution in [0.2, 0.25) is 0 Å². The predicted molar refractivity (Wildman–Crippen MR) is 153 cm³/mol. The van der Waals surface area contributed by atoms with Crippen LogP contribution in [0.15, 0.2) is 66.7 Å². The monoisotopic (exact) mass is 578 g/mol. The van der Waals surface area contributed by atoms with Crippen molar-refractivity contribution in [1.82, 2.24) is 5.32 Å². The summed E-state index contributed by atoms with van der Waals surface area (Å²) in [5.74, 6) is -2.58. The first-order valence-electron chi connectivity index (χ1n) is 13.5. The van der Waals surface area contributed by atoms with E-state index in [1.807, 2.05) is 24.3 Å². The molecule has 0 spiro atoms. The van der Waals surface area contributed by atoms with Crippen molar-refractivity contribution in [1.29, 1.82) is 0 Å². The highest BCUT2D eigenvalue weighted by molar-refractivity contribution is 6.02. The van der Waals surface area contributed by atoms with Gasteiger partial charge in [0.15, 0.2) is 6.10 Å². The Bertz CT molecular complexity index is 1440. The first kappa shape index (κ1) is 30.1. The van der Waals surface area contributed by atoms with Crippen LogP contribution in [0.3, 0.4) is 0 Å². The SMILES string of the molecule is O=C(NCC(O)C(=O)O)c1ccc(CN(C(=O)Nc2ccc(F)c([N+](=O)[O-])c2)c2ccc(C3CCCCC3)cc2)cc1. The zero-order valence-corrected chi connectivity index (χ0v) is 22.7. The van der Waals surface area contributed by atoms with Crippen LogP contribution < -0.4 is 15.5 Å². The van der Waals surface area contributed by atoms with Crippen molar-refractivity contribution in [3.8, 4) is 0 Å². The van der Waals surface area contributed by atoms with Crippen molar-refractivity contribution < 1.29 is 33.9 Å². The van der Waals surface area contributed by atoms with Crippen LogP contribution >= 0.6 is 0 Å². The smallest absolute Gasteiger partial charge is 0.334 e. The molecule has 1 atom stereocenters. The molecule has 0 heterocycles. The molecule has 0 aromatic heterocycles. The molecule has 0 bridgehead atoms. The van der Waals surface area contributed by atoms with Gasteiger partial charge in [-0.1, -0.05) is 43.5 Å². The second kappa shape index (κ2) is 13.7. The highest BCUT2D eigenvalue weighted by Gasteiger charge is 2.22. The molecule has 0 aliphatic heterocycles. The number of carbonyl (C=O) groups excluding carboxylic acids is 2. The second-order valence-electron chi connectivity index (χ2n) is 10.1. The molecule has 0 saturated heterocycles. The predicted octanol–water partition coefficient (Wildman–Crippen LogP) is 5.20. The van der Waals surface area contributed by atoms with Crippen molar-refractivity contribution in [3.05, 3.63) is 99.4 Å². The van der Waals surface area contributed by atoms with Gasteiger partial charge in [0.2, 0.25) is 5.82 Å². The lowest BCUT2D eigenvalue weighted by Crippen LogP contribution is -2.36. The molecule has 3 aromatic rings. The van der Waals surface area contributed by atoms with Crippen LogP contribution in [-0.2, 0) is 11.3 Å². The largest absolute Gasteiger partial charge is 0.479 e. The topological polar surface area (TPSA) is 162 Å².